The van der Waals surface area contributed by atoms with E-state index in [9.17, 15) is 14.3 Å². The van der Waals surface area contributed by atoms with Crippen molar-refractivity contribution in [2.75, 3.05) is 33.0 Å². The van der Waals surface area contributed by atoms with E-state index in [1.54, 1.807) is 0 Å². The van der Waals surface area contributed by atoms with Crippen molar-refractivity contribution < 1.29 is 32.8 Å². The van der Waals surface area contributed by atoms with E-state index in [1.165, 1.54) is 77.0 Å². The van der Waals surface area contributed by atoms with Gasteiger partial charge in [-0.3, -0.25) is 13.8 Å². The van der Waals surface area contributed by atoms with E-state index >= 15 is 0 Å². The van der Waals surface area contributed by atoms with E-state index in [0.29, 0.717) is 13.0 Å². The molecule has 3 N–H and O–H groups in total. The van der Waals surface area contributed by atoms with Crippen LogP contribution in [0.25, 0.3) is 0 Å². The fourth-order valence-electron chi connectivity index (χ4n) is 6.99. The highest BCUT2D eigenvalue weighted by molar-refractivity contribution is 7.47. The number of hydrogen-bond donors (Lipinski definition) is 2. The number of rotatable bonds is 50. The van der Waals surface area contributed by atoms with Gasteiger partial charge in [0.25, 0.3) is 0 Å². The normalized spacial score (nSPS) is 14.2. The lowest BCUT2D eigenvalue weighted by Crippen LogP contribution is -2.28. The van der Waals surface area contributed by atoms with Crippen LogP contribution in [-0.4, -0.2) is 49.9 Å². The van der Waals surface area contributed by atoms with Gasteiger partial charge >= 0.3 is 13.8 Å². The van der Waals surface area contributed by atoms with Gasteiger partial charge in [0.2, 0.25) is 0 Å². The highest BCUT2D eigenvalue weighted by Gasteiger charge is 2.25. The third-order valence-electron chi connectivity index (χ3n) is 10.9. The standard InChI is InChI=1S/C59H100NO7P/c1-3-5-7-9-11-13-15-17-19-21-23-25-27-29-30-32-34-36-38-40-42-44-46-48-50-52-59(61)67-58(57-66-68(62,63)65-55-53-60)56-64-54-51-49-47-45-43-41-39-37-35-33-31-28-26-24-22-20-18-16-14-12-10-8-6-4-2/h5-8,11-14,17-20,23-26,31,33,37,39,58H,3-4,9-10,15-16,21-22,27-30,32,34-36,38,40-57,60H2,1-2H3,(H,62,63)/b7-5-,8-6-,13-11-,14-12-,19-17-,20-18-,25-23-,26-24-,33-31-,39-37-. The van der Waals surface area contributed by atoms with Crippen LogP contribution in [0.15, 0.2) is 122 Å². The van der Waals surface area contributed by atoms with E-state index in [2.05, 4.69) is 135 Å². The number of phosphoric acid groups is 1. The molecule has 388 valence electrons. The molecule has 0 bridgehead atoms. The summed E-state index contributed by atoms with van der Waals surface area (Å²) in [5.74, 6) is -0.344. The van der Waals surface area contributed by atoms with Crippen molar-refractivity contribution in [1.82, 2.24) is 0 Å². The minimum absolute atomic E-state index is 0.0898. The smallest absolute Gasteiger partial charge is 0.457 e. The van der Waals surface area contributed by atoms with E-state index in [0.717, 1.165) is 109 Å². The Morgan fingerprint density at radius 1 is 0.441 bits per heavy atom. The van der Waals surface area contributed by atoms with Crippen molar-refractivity contribution in [3.8, 4) is 0 Å². The highest BCUT2D eigenvalue weighted by Crippen LogP contribution is 2.43. The van der Waals surface area contributed by atoms with Crippen molar-refractivity contribution in [3.05, 3.63) is 122 Å². The van der Waals surface area contributed by atoms with Gasteiger partial charge in [0.15, 0.2) is 0 Å². The van der Waals surface area contributed by atoms with Crippen molar-refractivity contribution in [2.45, 2.75) is 213 Å². The number of unbranched alkanes of at least 4 members (excludes halogenated alkanes) is 17. The number of carbonyl (C=O) groups excluding carboxylic acids is 1. The van der Waals surface area contributed by atoms with E-state index in [1.807, 2.05) is 0 Å². The summed E-state index contributed by atoms with van der Waals surface area (Å²) in [4.78, 5) is 22.7. The molecule has 0 amide bonds. The molecule has 0 saturated carbocycles. The van der Waals surface area contributed by atoms with Crippen LogP contribution in [0.1, 0.15) is 206 Å². The van der Waals surface area contributed by atoms with Crippen LogP contribution >= 0.6 is 7.82 Å². The molecule has 0 saturated heterocycles. The Labute approximate surface area is 417 Å². The predicted molar refractivity (Wildman–Crippen MR) is 293 cm³/mol. The predicted octanol–water partition coefficient (Wildman–Crippen LogP) is 17.3. The van der Waals surface area contributed by atoms with Gasteiger partial charge < -0.3 is 20.1 Å². The van der Waals surface area contributed by atoms with Gasteiger partial charge in [-0.15, -0.1) is 0 Å². The number of ether oxygens (including phenoxy) is 2. The summed E-state index contributed by atoms with van der Waals surface area (Å²) in [7, 11) is -4.30. The topological polar surface area (TPSA) is 117 Å². The number of hydrogen-bond acceptors (Lipinski definition) is 7. The zero-order chi connectivity index (χ0) is 49.4. The average molecular weight is 966 g/mol. The van der Waals surface area contributed by atoms with Crippen LogP contribution in [0.5, 0.6) is 0 Å². The average Bonchev–Trinajstić information content (AvgIpc) is 3.33. The molecule has 0 radical (unpaired) electrons. The number of carbonyl (C=O) groups is 1. The van der Waals surface area contributed by atoms with E-state index in [-0.39, 0.29) is 32.3 Å². The van der Waals surface area contributed by atoms with Gasteiger partial charge in [0.05, 0.1) is 19.8 Å². The van der Waals surface area contributed by atoms with Crippen LogP contribution in [0.2, 0.25) is 0 Å². The van der Waals surface area contributed by atoms with Crippen LogP contribution in [0.4, 0.5) is 0 Å². The van der Waals surface area contributed by atoms with Crippen molar-refractivity contribution in [1.29, 1.82) is 0 Å². The molecule has 2 atom stereocenters. The maximum absolute atomic E-state index is 12.7. The molecule has 0 aliphatic carbocycles. The summed E-state index contributed by atoms with van der Waals surface area (Å²) in [5, 5.41) is 0. The molecule has 8 nitrogen and oxygen atoms in total. The van der Waals surface area contributed by atoms with Gasteiger partial charge in [0.1, 0.15) is 6.10 Å². The van der Waals surface area contributed by atoms with Gasteiger partial charge in [-0.1, -0.05) is 219 Å². The summed E-state index contributed by atoms with van der Waals surface area (Å²) in [5.41, 5.74) is 5.40. The molecule has 0 rings (SSSR count). The fraction of sp³-hybridized carbons (Fsp3) is 0.644. The Morgan fingerprint density at radius 2 is 0.779 bits per heavy atom. The van der Waals surface area contributed by atoms with Crippen molar-refractivity contribution in [3.63, 3.8) is 0 Å². The Morgan fingerprint density at radius 3 is 1.16 bits per heavy atom. The lowest BCUT2D eigenvalue weighted by Gasteiger charge is -2.20. The molecule has 68 heavy (non-hydrogen) atoms. The van der Waals surface area contributed by atoms with Crippen LogP contribution < -0.4 is 5.73 Å². The third kappa shape index (κ3) is 53.8. The lowest BCUT2D eigenvalue weighted by atomic mass is 10.0. The van der Waals surface area contributed by atoms with Crippen LogP contribution in [0, 0.1) is 0 Å². The molecule has 9 heteroatoms. The summed E-state index contributed by atoms with van der Waals surface area (Å²) in [6.07, 6.45) is 76.6. The van der Waals surface area contributed by atoms with E-state index < -0.39 is 13.9 Å². The Balaban J connectivity index is 4.00. The zero-order valence-corrected chi connectivity index (χ0v) is 44.2. The molecule has 0 aliphatic heterocycles. The fourth-order valence-corrected chi connectivity index (χ4v) is 7.76. The Kier molecular flexibility index (Phi) is 52.3. The molecule has 0 fully saturated rings. The van der Waals surface area contributed by atoms with Crippen LogP contribution in [-0.2, 0) is 27.9 Å². The lowest BCUT2D eigenvalue weighted by molar-refractivity contribution is -0.154. The monoisotopic (exact) mass is 966 g/mol. The summed E-state index contributed by atoms with van der Waals surface area (Å²) >= 11 is 0. The van der Waals surface area contributed by atoms with Crippen molar-refractivity contribution in [2.24, 2.45) is 5.73 Å². The zero-order valence-electron chi connectivity index (χ0n) is 43.3. The van der Waals surface area contributed by atoms with Crippen molar-refractivity contribution >= 4 is 13.8 Å². The summed E-state index contributed by atoms with van der Waals surface area (Å²) in [6.45, 7) is 4.63. The molecular weight excluding hydrogens is 866 g/mol. The molecule has 0 spiro atoms. The number of nitrogens with two attached hydrogens (primary N) is 1. The van der Waals surface area contributed by atoms with E-state index in [4.69, 9.17) is 24.3 Å². The number of allylic oxidation sites excluding steroid dienone is 20. The second-order valence-electron chi connectivity index (χ2n) is 17.3. The molecule has 2 unspecified atom stereocenters. The first-order chi connectivity index (χ1) is 33.4. The molecule has 0 aliphatic rings. The summed E-state index contributed by atoms with van der Waals surface area (Å²) in [6, 6.07) is 0. The largest absolute Gasteiger partial charge is 0.472 e. The molecule has 0 aromatic rings. The molecule has 0 aromatic carbocycles. The van der Waals surface area contributed by atoms with Gasteiger partial charge in [-0.2, -0.15) is 0 Å². The maximum Gasteiger partial charge on any atom is 0.472 e. The number of phosphoric ester groups is 1. The molecular formula is C59H100NO7P. The molecule has 0 heterocycles. The Bertz CT molecular complexity index is 1460. The highest BCUT2D eigenvalue weighted by atomic mass is 31.2. The van der Waals surface area contributed by atoms with Gasteiger partial charge in [0, 0.05) is 19.6 Å². The second kappa shape index (κ2) is 54.8. The second-order valence-corrected chi connectivity index (χ2v) is 18.8. The first-order valence-electron chi connectivity index (χ1n) is 27.0. The van der Waals surface area contributed by atoms with Gasteiger partial charge in [-0.25, -0.2) is 4.57 Å². The number of esters is 1. The Hall–Kier alpha value is -3.10. The first kappa shape index (κ1) is 64.9. The first-order valence-corrected chi connectivity index (χ1v) is 28.5. The minimum atomic E-state index is -4.30. The molecule has 0 aromatic heterocycles. The summed E-state index contributed by atoms with van der Waals surface area (Å²) < 4.78 is 33.6. The van der Waals surface area contributed by atoms with Gasteiger partial charge in [-0.05, 0) is 103 Å². The maximum atomic E-state index is 12.7. The minimum Gasteiger partial charge on any atom is -0.457 e. The SMILES string of the molecule is CC/C=C\C/C=C\C/C=C\C/C=C\C/C=C\C/C=C\CCCCCCCOCC(COP(=O)(O)OCCN)OC(=O)CCCCCCCCCCCCCC/C=C\C/C=C\C/C=C\C/C=C\CC. The quantitative estimate of drug-likeness (QED) is 0.0268. The third-order valence-corrected chi connectivity index (χ3v) is 11.9. The van der Waals surface area contributed by atoms with Crippen LogP contribution in [0.3, 0.4) is 0 Å².